The maximum atomic E-state index is 12.4. The van der Waals surface area contributed by atoms with E-state index in [9.17, 15) is 9.59 Å². The first-order chi connectivity index (χ1) is 18.7. The summed E-state index contributed by atoms with van der Waals surface area (Å²) in [6, 6.07) is 0.114. The van der Waals surface area contributed by atoms with Crippen molar-refractivity contribution in [2.75, 3.05) is 44.2 Å². The van der Waals surface area contributed by atoms with Crippen molar-refractivity contribution in [1.82, 2.24) is 14.9 Å². The van der Waals surface area contributed by atoms with Crippen LogP contribution in [0.2, 0.25) is 0 Å². The number of nitrogens with zero attached hydrogens (tertiary/aromatic N) is 6. The summed E-state index contributed by atoms with van der Waals surface area (Å²) in [5.41, 5.74) is 13.2. The number of amidine groups is 1. The van der Waals surface area contributed by atoms with Gasteiger partial charge in [0.2, 0.25) is 0 Å². The third-order valence-electron chi connectivity index (χ3n) is 8.36. The fourth-order valence-electron chi connectivity index (χ4n) is 5.53. The third-order valence-corrected chi connectivity index (χ3v) is 8.36. The molecule has 1 aromatic rings. The van der Waals surface area contributed by atoms with Crippen molar-refractivity contribution < 1.29 is 18.9 Å². The molecule has 11 nitrogen and oxygen atoms in total. The van der Waals surface area contributed by atoms with Crippen molar-refractivity contribution in [2.45, 2.75) is 65.3 Å². The molecule has 3 fully saturated rings. The molecule has 0 aromatic carbocycles. The van der Waals surface area contributed by atoms with E-state index in [1.54, 1.807) is 17.3 Å². The molecule has 4 heterocycles. The van der Waals surface area contributed by atoms with Crippen LogP contribution >= 0.6 is 0 Å². The first-order valence-electron chi connectivity index (χ1n) is 14.4. The van der Waals surface area contributed by atoms with Gasteiger partial charge in [0, 0.05) is 44.6 Å². The quantitative estimate of drug-likeness (QED) is 0.290. The number of amides is 3. The van der Waals surface area contributed by atoms with Gasteiger partial charge in [-0.15, -0.1) is 0 Å². The molecule has 0 spiro atoms. The predicted molar refractivity (Wildman–Crippen MR) is 151 cm³/mol. The largest absolute Gasteiger partial charge is 0.463 e. The Labute approximate surface area is 231 Å². The minimum absolute atomic E-state index is 0.0342. The minimum atomic E-state index is -0.224. The van der Waals surface area contributed by atoms with E-state index in [1.807, 2.05) is 24.6 Å². The number of aromatic nitrogens is 2. The van der Waals surface area contributed by atoms with Gasteiger partial charge in [-0.3, -0.25) is 0 Å². The van der Waals surface area contributed by atoms with Crippen LogP contribution in [0, 0.1) is 23.7 Å². The van der Waals surface area contributed by atoms with E-state index in [1.165, 1.54) is 0 Å². The first-order valence-corrected chi connectivity index (χ1v) is 14.4. The molecular formula is C28H45N8O3+. The second kappa shape index (κ2) is 13.3. The molecular weight excluding hydrogens is 496 g/mol. The lowest BCUT2D eigenvalue weighted by Gasteiger charge is -2.34. The van der Waals surface area contributed by atoms with Gasteiger partial charge in [-0.2, -0.15) is 9.57 Å². The number of aliphatic imine (C=N–C) groups is 1. The van der Waals surface area contributed by atoms with Crippen molar-refractivity contribution in [3.63, 3.8) is 0 Å². The van der Waals surface area contributed by atoms with Crippen LogP contribution in [0.3, 0.4) is 0 Å². The number of hydrogen-bond donors (Lipinski definition) is 2. The number of ether oxygens (including phenoxy) is 1. The molecule has 3 saturated heterocycles. The second-order valence-electron chi connectivity index (χ2n) is 11.6. The summed E-state index contributed by atoms with van der Waals surface area (Å²) in [5.74, 6) is 1.79. The highest BCUT2D eigenvalue weighted by molar-refractivity contribution is 5.93. The molecule has 4 rings (SSSR count). The van der Waals surface area contributed by atoms with Crippen molar-refractivity contribution in [3.8, 4) is 6.01 Å². The van der Waals surface area contributed by atoms with E-state index < -0.39 is 0 Å². The SMILES string of the molecule is CC(C)C(N)=NC(=O)N1CCC(C(C)CCOc2ncc(N3CC(N)C(C=[N+]4CCCCC4=O)C3)cn2)CC1. The van der Waals surface area contributed by atoms with E-state index >= 15 is 0 Å². The van der Waals surface area contributed by atoms with E-state index in [2.05, 4.69) is 26.8 Å². The number of piperidine rings is 2. The molecule has 39 heavy (non-hydrogen) atoms. The number of hydrogen-bond acceptors (Lipinski definition) is 7. The Bertz CT molecular complexity index is 1050. The molecule has 0 bridgehead atoms. The lowest BCUT2D eigenvalue weighted by molar-refractivity contribution is -0.454. The average Bonchev–Trinajstić information content (AvgIpc) is 3.30. The predicted octanol–water partition coefficient (Wildman–Crippen LogP) is 2.28. The highest BCUT2D eigenvalue weighted by Gasteiger charge is 2.34. The summed E-state index contributed by atoms with van der Waals surface area (Å²) >= 11 is 0. The fraction of sp³-hybridized carbons (Fsp3) is 0.714. The number of rotatable bonds is 8. The maximum Gasteiger partial charge on any atom is 0.386 e. The zero-order valence-electron chi connectivity index (χ0n) is 23.7. The Hall–Kier alpha value is -3.08. The van der Waals surface area contributed by atoms with E-state index in [4.69, 9.17) is 16.2 Å². The lowest BCUT2D eigenvalue weighted by atomic mass is 9.84. The standard InChI is InChI=1S/C28H44N8O3/c1-19(2)26(30)33-28(38)34-11-7-21(8-12-34)20(3)9-13-39-27-31-14-23(15-32-27)36-17-22(24(29)18-36)16-35-10-5-4-6-25(35)37/h14-16,19-22,24H,4-13,17-18,29H2,1-3H3,(H-,30,33,38)/p+1. The van der Waals surface area contributed by atoms with E-state index in [0.29, 0.717) is 56.3 Å². The molecule has 3 aliphatic heterocycles. The molecule has 3 aliphatic rings. The number of carbonyl (C=O) groups excluding carboxylic acids is 2. The summed E-state index contributed by atoms with van der Waals surface area (Å²) in [6.45, 7) is 10.3. The van der Waals surface area contributed by atoms with Crippen molar-refractivity contribution in [2.24, 2.45) is 40.1 Å². The summed E-state index contributed by atoms with van der Waals surface area (Å²) in [4.78, 5) is 41.4. The Kier molecular flexibility index (Phi) is 9.88. The average molecular weight is 542 g/mol. The Balaban J connectivity index is 1.19. The molecule has 11 heteroatoms. The molecule has 3 amide bonds. The van der Waals surface area contributed by atoms with Gasteiger partial charge in [-0.25, -0.2) is 19.6 Å². The van der Waals surface area contributed by atoms with E-state index in [-0.39, 0.29) is 29.8 Å². The minimum Gasteiger partial charge on any atom is -0.463 e. The Morgan fingerprint density at radius 2 is 1.92 bits per heavy atom. The topological polar surface area (TPSA) is 143 Å². The van der Waals surface area contributed by atoms with Crippen LogP contribution in [0.25, 0.3) is 0 Å². The summed E-state index contributed by atoms with van der Waals surface area (Å²) in [5, 5.41) is 0. The second-order valence-corrected chi connectivity index (χ2v) is 11.6. The van der Waals surface area contributed by atoms with Crippen LogP contribution < -0.4 is 21.1 Å². The number of anilines is 1. The zero-order valence-corrected chi connectivity index (χ0v) is 23.7. The van der Waals surface area contributed by atoms with E-state index in [0.717, 1.165) is 50.9 Å². The number of urea groups is 1. The van der Waals surface area contributed by atoms with Gasteiger partial charge in [0.15, 0.2) is 12.8 Å². The van der Waals surface area contributed by atoms with Gasteiger partial charge in [-0.05, 0) is 37.5 Å². The van der Waals surface area contributed by atoms with Crippen LogP contribution in [-0.4, -0.2) is 88.8 Å². The summed E-state index contributed by atoms with van der Waals surface area (Å²) < 4.78 is 7.71. The molecule has 4 N–H and O–H groups in total. The van der Waals surface area contributed by atoms with Crippen LogP contribution in [0.15, 0.2) is 17.4 Å². The van der Waals surface area contributed by atoms with Crippen LogP contribution in [0.1, 0.15) is 59.3 Å². The Morgan fingerprint density at radius 1 is 1.21 bits per heavy atom. The molecule has 1 aromatic heterocycles. The lowest BCUT2D eigenvalue weighted by Crippen LogP contribution is -2.39. The molecule has 3 unspecified atom stereocenters. The number of likely N-dealkylation sites (tertiary alicyclic amines) is 1. The van der Waals surface area contributed by atoms with Crippen molar-refractivity contribution >= 4 is 29.7 Å². The van der Waals surface area contributed by atoms with Gasteiger partial charge < -0.3 is 26.0 Å². The zero-order chi connectivity index (χ0) is 27.9. The number of nitrogens with two attached hydrogens (primary N) is 2. The van der Waals surface area contributed by atoms with Gasteiger partial charge >= 0.3 is 17.9 Å². The normalized spacial score (nSPS) is 25.0. The highest BCUT2D eigenvalue weighted by atomic mass is 16.5. The van der Waals surface area contributed by atoms with Crippen molar-refractivity contribution in [1.29, 1.82) is 0 Å². The monoisotopic (exact) mass is 541 g/mol. The van der Waals surface area contributed by atoms with Gasteiger partial charge in [0.05, 0.1) is 37.0 Å². The van der Waals surface area contributed by atoms with Crippen LogP contribution in [-0.2, 0) is 4.79 Å². The van der Waals surface area contributed by atoms with Gasteiger partial charge in [0.25, 0.3) is 0 Å². The summed E-state index contributed by atoms with van der Waals surface area (Å²) in [7, 11) is 0. The number of carbonyl (C=O) groups is 2. The molecule has 0 radical (unpaired) electrons. The fourth-order valence-corrected chi connectivity index (χ4v) is 5.53. The maximum absolute atomic E-state index is 12.4. The smallest absolute Gasteiger partial charge is 0.386 e. The molecule has 0 aliphatic carbocycles. The molecule has 0 saturated carbocycles. The van der Waals surface area contributed by atoms with Crippen LogP contribution in [0.5, 0.6) is 6.01 Å². The van der Waals surface area contributed by atoms with Crippen molar-refractivity contribution in [3.05, 3.63) is 12.4 Å². The van der Waals surface area contributed by atoms with Gasteiger partial charge in [0.1, 0.15) is 5.84 Å². The molecule has 3 atom stereocenters. The Morgan fingerprint density at radius 3 is 2.59 bits per heavy atom. The third kappa shape index (κ3) is 7.74. The van der Waals surface area contributed by atoms with Crippen LogP contribution in [0.4, 0.5) is 10.5 Å². The summed E-state index contributed by atoms with van der Waals surface area (Å²) in [6.07, 6.45) is 11.1. The first kappa shape index (κ1) is 28.9. The molecule has 214 valence electrons. The van der Waals surface area contributed by atoms with Gasteiger partial charge in [-0.1, -0.05) is 20.8 Å². The highest BCUT2D eigenvalue weighted by Crippen LogP contribution is 2.28.